The van der Waals surface area contributed by atoms with Crippen LogP contribution >= 0.6 is 16.5 Å². The van der Waals surface area contributed by atoms with Crippen molar-refractivity contribution in [3.63, 3.8) is 0 Å². The van der Waals surface area contributed by atoms with Gasteiger partial charge in [0.25, 0.3) is 0 Å². The highest BCUT2D eigenvalue weighted by molar-refractivity contribution is 8.12. The number of aromatic amines is 3. The first kappa shape index (κ1) is 41.3. The standard InChI is InChI=1S/C36H24N2.C24H15N3.C2H8P2/c1-3-11-27(12-4-1)37-33-17-9-7-15-29(33)31-23-25(19-21-35(31)37)26-20-22-36-32(24-26)30-16-8-10-18-34(30)38(36)28-13-5-2-6-14-28;1-4-10-16-13(7-1)19-22(25-16)20-15-9-3-6-12-18(15)27-24(20)21-14-8-2-5-11-17(14)26-23(19)21;1-4(2)3/h1-24H;1-12,25-27H;3H2,1-2H3. The van der Waals surface area contributed by atoms with E-state index >= 15 is 0 Å². The lowest BCUT2D eigenvalue weighted by molar-refractivity contribution is 1.18. The van der Waals surface area contributed by atoms with Crippen LogP contribution in [0.4, 0.5) is 0 Å². The van der Waals surface area contributed by atoms with Crippen molar-refractivity contribution in [2.45, 2.75) is 0 Å². The molecule has 15 rings (SSSR count). The van der Waals surface area contributed by atoms with Gasteiger partial charge in [0, 0.05) is 81.8 Å². The second-order valence-electron chi connectivity index (χ2n) is 18.1. The van der Waals surface area contributed by atoms with E-state index in [-0.39, 0.29) is 0 Å². The fourth-order valence-corrected chi connectivity index (χ4v) is 10.8. The first-order valence-electron chi connectivity index (χ1n) is 23.4. The number of para-hydroxylation sites is 7. The van der Waals surface area contributed by atoms with Crippen LogP contribution in [0.2, 0.25) is 0 Å². The molecule has 15 aromatic rings. The third kappa shape index (κ3) is 6.76. The number of rotatable bonds is 3. The van der Waals surface area contributed by atoms with Crippen molar-refractivity contribution >= 4 is 126 Å². The molecule has 0 aliphatic heterocycles. The molecule has 0 aliphatic rings. The molecule has 330 valence electrons. The Balaban J connectivity index is 0.000000132. The summed E-state index contributed by atoms with van der Waals surface area (Å²) in [7, 11) is 3.02. The van der Waals surface area contributed by atoms with E-state index in [4.69, 9.17) is 0 Å². The van der Waals surface area contributed by atoms with E-state index < -0.39 is 0 Å². The van der Waals surface area contributed by atoms with E-state index in [1.54, 1.807) is 0 Å². The van der Waals surface area contributed by atoms with Crippen LogP contribution in [0.25, 0.3) is 132 Å². The minimum absolute atomic E-state index is 0.296. The number of hydrogen-bond acceptors (Lipinski definition) is 0. The number of aromatic nitrogens is 5. The molecule has 1 unspecified atom stereocenters. The summed E-state index contributed by atoms with van der Waals surface area (Å²) in [5.41, 5.74) is 16.8. The first-order chi connectivity index (χ1) is 34.0. The highest BCUT2D eigenvalue weighted by Gasteiger charge is 2.21. The van der Waals surface area contributed by atoms with Gasteiger partial charge in [-0.15, -0.1) is 8.93 Å². The molecule has 5 heterocycles. The van der Waals surface area contributed by atoms with Crippen molar-refractivity contribution in [3.8, 4) is 22.5 Å². The lowest BCUT2D eigenvalue weighted by atomic mass is 10.0. The fraction of sp³-hybridized carbons (Fsp3) is 0.0323. The molecular formula is C62H47N5P2. The molecule has 1 atom stereocenters. The molecule has 0 saturated carbocycles. The lowest BCUT2D eigenvalue weighted by Gasteiger charge is -2.09. The molecule has 0 amide bonds. The van der Waals surface area contributed by atoms with Gasteiger partial charge in [-0.3, -0.25) is 0 Å². The van der Waals surface area contributed by atoms with Crippen LogP contribution in [-0.4, -0.2) is 37.4 Å². The van der Waals surface area contributed by atoms with Gasteiger partial charge >= 0.3 is 0 Å². The Morgan fingerprint density at radius 1 is 0.319 bits per heavy atom. The molecule has 0 aliphatic carbocycles. The van der Waals surface area contributed by atoms with Crippen LogP contribution in [0.3, 0.4) is 0 Å². The molecule has 0 bridgehead atoms. The Bertz CT molecular complexity index is 4030. The van der Waals surface area contributed by atoms with Crippen LogP contribution in [0, 0.1) is 0 Å². The number of benzene rings is 10. The first-order valence-corrected chi connectivity index (χ1v) is 27.3. The van der Waals surface area contributed by atoms with E-state index in [2.05, 4.69) is 265 Å². The maximum atomic E-state index is 3.70. The molecule has 0 fully saturated rings. The molecule has 7 heteroatoms. The van der Waals surface area contributed by atoms with Crippen molar-refractivity contribution < 1.29 is 0 Å². The largest absolute Gasteiger partial charge is 0.354 e. The predicted molar refractivity (Wildman–Crippen MR) is 304 cm³/mol. The number of nitrogens with one attached hydrogen (secondary N) is 3. The Hall–Kier alpha value is -7.94. The number of nitrogens with zero attached hydrogens (tertiary/aromatic N) is 2. The van der Waals surface area contributed by atoms with E-state index in [0.29, 0.717) is 7.61 Å². The van der Waals surface area contributed by atoms with E-state index in [0.717, 1.165) is 0 Å². The Morgan fingerprint density at radius 2 is 0.609 bits per heavy atom. The molecule has 0 saturated heterocycles. The van der Waals surface area contributed by atoms with Crippen molar-refractivity contribution in [1.29, 1.82) is 0 Å². The van der Waals surface area contributed by atoms with E-state index in [1.807, 2.05) is 0 Å². The summed E-state index contributed by atoms with van der Waals surface area (Å²) in [4.78, 5) is 11.1. The number of fused-ring (bicyclic) bond motifs is 18. The van der Waals surface area contributed by atoms with Gasteiger partial charge in [-0.2, -0.15) is 0 Å². The average Bonchev–Trinajstić information content (AvgIpc) is 4.21. The zero-order valence-corrected chi connectivity index (χ0v) is 40.3. The van der Waals surface area contributed by atoms with Crippen molar-refractivity contribution in [3.05, 3.63) is 218 Å². The highest BCUT2D eigenvalue weighted by Crippen LogP contribution is 2.44. The summed E-state index contributed by atoms with van der Waals surface area (Å²) in [6.45, 7) is 4.39. The zero-order valence-electron chi connectivity index (χ0n) is 38.2. The Kier molecular flexibility index (Phi) is 9.98. The summed E-state index contributed by atoms with van der Waals surface area (Å²) in [6.07, 6.45) is 0. The topological polar surface area (TPSA) is 57.2 Å². The Morgan fingerprint density at radius 3 is 0.971 bits per heavy atom. The highest BCUT2D eigenvalue weighted by atomic mass is 32.0. The van der Waals surface area contributed by atoms with Crippen molar-refractivity contribution in [2.75, 3.05) is 13.3 Å². The fourth-order valence-electron chi connectivity index (χ4n) is 10.8. The molecule has 69 heavy (non-hydrogen) atoms. The normalized spacial score (nSPS) is 11.8. The molecule has 10 aromatic carbocycles. The number of H-pyrrole nitrogens is 3. The third-order valence-electron chi connectivity index (χ3n) is 13.6. The third-order valence-corrected chi connectivity index (χ3v) is 13.6. The molecule has 0 radical (unpaired) electrons. The summed E-state index contributed by atoms with van der Waals surface area (Å²) in [6, 6.07) is 78.2. The summed E-state index contributed by atoms with van der Waals surface area (Å²) in [5, 5.41) is 12.7. The van der Waals surface area contributed by atoms with Gasteiger partial charge in [0.15, 0.2) is 0 Å². The van der Waals surface area contributed by atoms with E-state index in [9.17, 15) is 0 Å². The van der Waals surface area contributed by atoms with Gasteiger partial charge in [0.05, 0.1) is 38.6 Å². The lowest BCUT2D eigenvalue weighted by Crippen LogP contribution is -1.93. The monoisotopic (exact) mass is 923 g/mol. The average molecular weight is 924 g/mol. The minimum Gasteiger partial charge on any atom is -0.354 e. The van der Waals surface area contributed by atoms with Crippen LogP contribution in [0.15, 0.2) is 218 Å². The smallest absolute Gasteiger partial charge is 0.0588 e. The van der Waals surface area contributed by atoms with Crippen LogP contribution in [-0.2, 0) is 0 Å². The van der Waals surface area contributed by atoms with Crippen LogP contribution in [0.1, 0.15) is 0 Å². The van der Waals surface area contributed by atoms with E-state index in [1.165, 1.54) is 132 Å². The van der Waals surface area contributed by atoms with Crippen LogP contribution < -0.4 is 0 Å². The summed E-state index contributed by atoms with van der Waals surface area (Å²) >= 11 is 0. The van der Waals surface area contributed by atoms with Gasteiger partial charge in [-0.25, -0.2) is 0 Å². The second-order valence-corrected chi connectivity index (χ2v) is 23.1. The SMILES string of the molecule is CP(C)P.c1ccc(-n2c3ccccc3c3cc(-c4ccc5c(c4)c4ccccc4n5-c4ccccc4)ccc32)cc1.c1ccc2c(c1)[nH]c1c2c2[nH]c3ccccc3c2c2[nH]c3ccccc3c12. The molecule has 0 spiro atoms. The summed E-state index contributed by atoms with van der Waals surface area (Å²) in [5.74, 6) is 0. The van der Waals surface area contributed by atoms with Gasteiger partial charge in [0.1, 0.15) is 0 Å². The maximum absolute atomic E-state index is 3.70. The van der Waals surface area contributed by atoms with Crippen molar-refractivity contribution in [2.24, 2.45) is 0 Å². The quantitative estimate of drug-likeness (QED) is 0.148. The molecule has 5 nitrogen and oxygen atoms in total. The van der Waals surface area contributed by atoms with Crippen molar-refractivity contribution in [1.82, 2.24) is 24.1 Å². The summed E-state index contributed by atoms with van der Waals surface area (Å²) < 4.78 is 4.73. The minimum atomic E-state index is 0.296. The van der Waals surface area contributed by atoms with Gasteiger partial charge in [-0.1, -0.05) is 147 Å². The maximum Gasteiger partial charge on any atom is 0.0588 e. The van der Waals surface area contributed by atoms with Gasteiger partial charge < -0.3 is 24.1 Å². The molecule has 5 aromatic heterocycles. The Labute approximate surface area is 401 Å². The number of hydrogen-bond donors (Lipinski definition) is 3. The zero-order chi connectivity index (χ0) is 46.2. The van der Waals surface area contributed by atoms with Gasteiger partial charge in [-0.05, 0) is 103 Å². The predicted octanol–water partition coefficient (Wildman–Crippen LogP) is 17.7. The van der Waals surface area contributed by atoms with Gasteiger partial charge in [0.2, 0.25) is 0 Å². The van der Waals surface area contributed by atoms with Crippen LogP contribution in [0.5, 0.6) is 0 Å². The molecule has 3 N–H and O–H groups in total. The second kappa shape index (κ2) is 16.7. The molecular weight excluding hydrogens is 877 g/mol.